The molecule has 3 aromatic heterocycles. The quantitative estimate of drug-likeness (QED) is 0.395. The van der Waals surface area contributed by atoms with E-state index in [1.54, 1.807) is 31.2 Å². The summed E-state index contributed by atoms with van der Waals surface area (Å²) in [5.41, 5.74) is -1.23. The second-order valence-corrected chi connectivity index (χ2v) is 11.1. The molecule has 9 nitrogen and oxygen atoms in total. The Morgan fingerprint density at radius 1 is 1.18 bits per heavy atom. The predicted molar refractivity (Wildman–Crippen MR) is 135 cm³/mol. The van der Waals surface area contributed by atoms with Gasteiger partial charge in [-0.3, -0.25) is 4.68 Å². The second-order valence-electron chi connectivity index (χ2n) is 10.7. The summed E-state index contributed by atoms with van der Waals surface area (Å²) < 4.78 is 54.9. The highest BCUT2D eigenvalue weighted by Gasteiger charge is 2.53. The molecule has 3 aliphatic rings. The molecule has 2 aliphatic heterocycles. The Kier molecular flexibility index (Phi) is 6.62. The number of hydrogen-bond donors (Lipinski definition) is 0. The van der Waals surface area contributed by atoms with E-state index in [0.717, 1.165) is 19.0 Å². The van der Waals surface area contributed by atoms with E-state index in [0.29, 0.717) is 59.9 Å². The molecule has 0 N–H and O–H groups in total. The molecule has 13 heteroatoms. The van der Waals surface area contributed by atoms with E-state index in [1.165, 1.54) is 4.57 Å². The molecule has 0 spiro atoms. The minimum absolute atomic E-state index is 0.0658. The summed E-state index contributed by atoms with van der Waals surface area (Å²) in [5, 5.41) is 4.82. The first-order chi connectivity index (χ1) is 17.9. The van der Waals surface area contributed by atoms with Gasteiger partial charge in [0, 0.05) is 38.3 Å². The summed E-state index contributed by atoms with van der Waals surface area (Å²) in [6.45, 7) is 5.05. The number of alkyl halides is 3. The van der Waals surface area contributed by atoms with Crippen molar-refractivity contribution < 1.29 is 22.6 Å². The van der Waals surface area contributed by atoms with Crippen molar-refractivity contribution in [3.8, 4) is 17.3 Å². The van der Waals surface area contributed by atoms with Gasteiger partial charge in [-0.1, -0.05) is 11.6 Å². The third-order valence-electron chi connectivity index (χ3n) is 7.69. The third-order valence-corrected chi connectivity index (χ3v) is 7.97. The normalized spacial score (nSPS) is 23.3. The number of fused-ring (bicyclic) bond motifs is 3. The lowest BCUT2D eigenvalue weighted by atomic mass is 9.65. The Bertz CT molecular complexity index is 1310. The fourth-order valence-electron chi connectivity index (χ4n) is 5.70. The average molecular weight is 554 g/mol. The predicted octanol–water partition coefficient (Wildman–Crippen LogP) is 5.26. The highest BCUT2D eigenvalue weighted by atomic mass is 35.5. The maximum absolute atomic E-state index is 13.3. The second kappa shape index (κ2) is 9.41. The van der Waals surface area contributed by atoms with Gasteiger partial charge in [-0.2, -0.15) is 18.3 Å². The van der Waals surface area contributed by atoms with Gasteiger partial charge < -0.3 is 18.9 Å². The number of ether oxygens (including phenoxy) is 2. The van der Waals surface area contributed by atoms with Gasteiger partial charge in [0.25, 0.3) is 0 Å². The molecule has 1 aliphatic carbocycles. The van der Waals surface area contributed by atoms with Gasteiger partial charge in [-0.25, -0.2) is 15.0 Å². The van der Waals surface area contributed by atoms with E-state index in [1.807, 2.05) is 25.8 Å². The van der Waals surface area contributed by atoms with Crippen molar-refractivity contribution >= 4 is 17.4 Å². The molecule has 0 radical (unpaired) electrons. The SMILES string of the molecule is COc1cnc(-c2c(Cl)cnn2C(C)C)nc1N(C)CC12CCC(c3nc(C(F)(F)F)cn3C)(CC1)OC2. The Morgan fingerprint density at radius 3 is 2.45 bits per heavy atom. The molecule has 2 saturated heterocycles. The zero-order chi connectivity index (χ0) is 27.5. The molecule has 38 heavy (non-hydrogen) atoms. The molecule has 206 valence electrons. The molecular weight excluding hydrogens is 523 g/mol. The van der Waals surface area contributed by atoms with Crippen LogP contribution in [0.4, 0.5) is 19.0 Å². The lowest BCUT2D eigenvalue weighted by molar-refractivity contribution is -0.191. The van der Waals surface area contributed by atoms with Crippen LogP contribution in [-0.4, -0.2) is 56.6 Å². The Labute approximate surface area is 223 Å². The van der Waals surface area contributed by atoms with Crippen LogP contribution in [0.1, 0.15) is 57.1 Å². The number of hydrogen-bond acceptors (Lipinski definition) is 7. The van der Waals surface area contributed by atoms with Crippen molar-refractivity contribution in [3.63, 3.8) is 0 Å². The Morgan fingerprint density at radius 2 is 1.89 bits per heavy atom. The molecule has 6 rings (SSSR count). The molecule has 5 heterocycles. The lowest BCUT2D eigenvalue weighted by Gasteiger charge is -2.53. The summed E-state index contributed by atoms with van der Waals surface area (Å²) >= 11 is 6.44. The molecule has 3 fully saturated rings. The largest absolute Gasteiger partial charge is 0.491 e. The van der Waals surface area contributed by atoms with Gasteiger partial charge in [-0.05, 0) is 39.5 Å². The molecule has 1 saturated carbocycles. The van der Waals surface area contributed by atoms with Gasteiger partial charge >= 0.3 is 6.18 Å². The number of rotatable bonds is 7. The molecule has 2 bridgehead atoms. The topological polar surface area (TPSA) is 83.1 Å². The number of methoxy groups -OCH3 is 1. The van der Waals surface area contributed by atoms with Crippen molar-refractivity contribution in [3.05, 3.63) is 35.1 Å². The Balaban J connectivity index is 1.38. The van der Waals surface area contributed by atoms with E-state index in [9.17, 15) is 13.2 Å². The molecule has 0 aromatic carbocycles. The monoisotopic (exact) mass is 553 g/mol. The van der Waals surface area contributed by atoms with Crippen LogP contribution < -0.4 is 9.64 Å². The van der Waals surface area contributed by atoms with Gasteiger partial charge in [0.1, 0.15) is 17.1 Å². The summed E-state index contributed by atoms with van der Waals surface area (Å²) in [4.78, 5) is 15.3. The van der Waals surface area contributed by atoms with Gasteiger partial charge in [0.05, 0.1) is 31.1 Å². The number of anilines is 1. The van der Waals surface area contributed by atoms with Crippen molar-refractivity contribution in [2.45, 2.75) is 57.3 Å². The zero-order valence-electron chi connectivity index (χ0n) is 22.0. The molecule has 3 aromatic rings. The van der Waals surface area contributed by atoms with Crippen LogP contribution in [0.15, 0.2) is 18.6 Å². The van der Waals surface area contributed by atoms with Gasteiger partial charge in [-0.15, -0.1) is 0 Å². The molecule has 0 atom stereocenters. The van der Waals surface area contributed by atoms with Crippen LogP contribution in [0, 0.1) is 5.41 Å². The highest BCUT2D eigenvalue weighted by Crippen LogP contribution is 2.54. The molecule has 0 unspecified atom stereocenters. The van der Waals surface area contributed by atoms with E-state index in [4.69, 9.17) is 26.1 Å². The van der Waals surface area contributed by atoms with Gasteiger partial charge in [0.15, 0.2) is 23.1 Å². The first-order valence-electron chi connectivity index (χ1n) is 12.5. The highest BCUT2D eigenvalue weighted by molar-refractivity contribution is 6.32. The lowest BCUT2D eigenvalue weighted by Crippen LogP contribution is -2.54. The van der Waals surface area contributed by atoms with Crippen molar-refractivity contribution in [1.82, 2.24) is 29.3 Å². The average Bonchev–Trinajstić information content (AvgIpc) is 3.48. The smallest absolute Gasteiger partial charge is 0.434 e. The van der Waals surface area contributed by atoms with E-state index >= 15 is 0 Å². The maximum atomic E-state index is 13.3. The van der Waals surface area contributed by atoms with Crippen LogP contribution in [-0.2, 0) is 23.6 Å². The van der Waals surface area contributed by atoms with Crippen LogP contribution in [0.3, 0.4) is 0 Å². The van der Waals surface area contributed by atoms with Crippen LogP contribution >= 0.6 is 11.6 Å². The van der Waals surface area contributed by atoms with Crippen LogP contribution in [0.25, 0.3) is 11.5 Å². The zero-order valence-corrected chi connectivity index (χ0v) is 22.8. The summed E-state index contributed by atoms with van der Waals surface area (Å²) in [7, 11) is 5.10. The van der Waals surface area contributed by atoms with E-state index in [2.05, 4.69) is 15.1 Å². The summed E-state index contributed by atoms with van der Waals surface area (Å²) in [6.07, 6.45) is 2.53. The summed E-state index contributed by atoms with van der Waals surface area (Å²) in [5.74, 6) is 1.92. The Hall–Kier alpha value is -2.86. The third kappa shape index (κ3) is 4.51. The number of imidazole rings is 1. The minimum Gasteiger partial charge on any atom is -0.491 e. The van der Waals surface area contributed by atoms with Gasteiger partial charge in [0.2, 0.25) is 0 Å². The van der Waals surface area contributed by atoms with Crippen molar-refractivity contribution in [1.29, 1.82) is 0 Å². The fraction of sp³-hybridized carbons (Fsp3) is 0.600. The van der Waals surface area contributed by atoms with Crippen LogP contribution in [0.5, 0.6) is 5.75 Å². The van der Waals surface area contributed by atoms with E-state index < -0.39 is 17.5 Å². The first kappa shape index (κ1) is 26.7. The standard InChI is InChI=1S/C25H31ClF3N7O2/c1-15(2)36-19(16(26)10-31-36)20-30-11-17(37-5)21(33-20)35(4)13-23-6-8-24(9-7-23,38-14-23)22-32-18(12-34(22)3)25(27,28)29/h10-12,15H,6-9,13-14H2,1-5H3. The van der Waals surface area contributed by atoms with Crippen molar-refractivity contribution in [2.75, 3.05) is 32.2 Å². The first-order valence-corrected chi connectivity index (χ1v) is 12.9. The van der Waals surface area contributed by atoms with E-state index in [-0.39, 0.29) is 11.5 Å². The van der Waals surface area contributed by atoms with Crippen LogP contribution in [0.2, 0.25) is 5.02 Å². The number of aryl methyl sites for hydroxylation is 1. The minimum atomic E-state index is -4.49. The molecular formula is C25H31ClF3N7O2. The number of aromatic nitrogens is 6. The summed E-state index contributed by atoms with van der Waals surface area (Å²) in [6, 6.07) is 0.0658. The fourth-order valence-corrected chi connectivity index (χ4v) is 5.91. The van der Waals surface area contributed by atoms with Crippen molar-refractivity contribution in [2.24, 2.45) is 12.5 Å². The molecule has 0 amide bonds. The number of nitrogens with zero attached hydrogens (tertiary/aromatic N) is 7. The number of halogens is 4. The maximum Gasteiger partial charge on any atom is 0.434 e.